The summed E-state index contributed by atoms with van der Waals surface area (Å²) in [5, 5.41) is 22.7. The second-order valence-electron chi connectivity index (χ2n) is 5.24. The van der Waals surface area contributed by atoms with E-state index in [-0.39, 0.29) is 17.7 Å². The predicted octanol–water partition coefficient (Wildman–Crippen LogP) is -0.524. The van der Waals surface area contributed by atoms with Crippen LogP contribution in [0.1, 0.15) is 18.9 Å². The molecule has 1 aliphatic rings. The highest BCUT2D eigenvalue weighted by atomic mass is 32.2. The van der Waals surface area contributed by atoms with E-state index in [2.05, 4.69) is 4.18 Å². The first kappa shape index (κ1) is 18.8. The molecule has 0 saturated carbocycles. The van der Waals surface area contributed by atoms with E-state index in [0.29, 0.717) is 11.0 Å². The van der Waals surface area contributed by atoms with Crippen LogP contribution >= 0.6 is 0 Å². The number of rotatable bonds is 4. The Bertz CT molecular complexity index is 837. The average molecular weight is 381 g/mol. The van der Waals surface area contributed by atoms with Crippen LogP contribution in [0.5, 0.6) is 5.75 Å². The Labute approximate surface area is 139 Å². The van der Waals surface area contributed by atoms with Gasteiger partial charge in [0.05, 0.1) is 17.1 Å². The Morgan fingerprint density at radius 2 is 1.92 bits per heavy atom. The number of anilines is 1. The molecule has 0 spiro atoms. The summed E-state index contributed by atoms with van der Waals surface area (Å²) in [5.74, 6) is -2.41. The number of carbonyl (C=O) groups excluding carboxylic acids is 2. The standard InChI is InChI=1S/C13H12F3NO7S/c1-2-12(10(18)19)6-17(11(20)21)9-5-7(3-4-8(9)12)24-25(22,23)13(14,15)16/h3-5H,2,6H2,1H3,(H,18,19)(H,20,21)/p-2. The SMILES string of the molecule is CCC1(C(=O)[O-])CN(C(=O)[O-])c2cc(OS(=O)(=O)C(F)(F)F)ccc21. The van der Waals surface area contributed by atoms with Crippen LogP contribution in [0.2, 0.25) is 0 Å². The van der Waals surface area contributed by atoms with Gasteiger partial charge in [-0.05, 0) is 18.1 Å². The number of carboxylic acids is 1. The van der Waals surface area contributed by atoms with Gasteiger partial charge in [-0.15, -0.1) is 0 Å². The highest BCUT2D eigenvalue weighted by Gasteiger charge is 2.49. The normalized spacial score (nSPS) is 20.2. The molecule has 1 aromatic rings. The Kier molecular flexibility index (Phi) is 4.36. The summed E-state index contributed by atoms with van der Waals surface area (Å²) in [4.78, 5) is 23.2. The molecule has 25 heavy (non-hydrogen) atoms. The van der Waals surface area contributed by atoms with Crippen molar-refractivity contribution in [3.8, 4) is 5.75 Å². The molecule has 0 bridgehead atoms. The molecule has 1 atom stereocenters. The molecule has 0 saturated heterocycles. The van der Waals surface area contributed by atoms with Gasteiger partial charge >= 0.3 is 15.6 Å². The fraction of sp³-hybridized carbons (Fsp3) is 0.385. The molecule has 0 aromatic heterocycles. The van der Waals surface area contributed by atoms with Gasteiger partial charge in [0.15, 0.2) is 0 Å². The van der Waals surface area contributed by atoms with Gasteiger partial charge < -0.3 is 28.9 Å². The Morgan fingerprint density at radius 3 is 2.36 bits per heavy atom. The van der Waals surface area contributed by atoms with Crippen molar-refractivity contribution in [2.75, 3.05) is 11.4 Å². The van der Waals surface area contributed by atoms with Gasteiger partial charge in [-0.2, -0.15) is 21.6 Å². The quantitative estimate of drug-likeness (QED) is 0.507. The summed E-state index contributed by atoms with van der Waals surface area (Å²) in [7, 11) is -5.97. The lowest BCUT2D eigenvalue weighted by atomic mass is 9.80. The van der Waals surface area contributed by atoms with E-state index < -0.39 is 45.4 Å². The third kappa shape index (κ3) is 2.97. The van der Waals surface area contributed by atoms with E-state index in [1.807, 2.05) is 0 Å². The third-order valence-electron chi connectivity index (χ3n) is 3.91. The Morgan fingerprint density at radius 1 is 1.32 bits per heavy atom. The van der Waals surface area contributed by atoms with Gasteiger partial charge in [-0.1, -0.05) is 13.0 Å². The lowest BCUT2D eigenvalue weighted by Crippen LogP contribution is -2.51. The Hall–Kier alpha value is -2.50. The lowest BCUT2D eigenvalue weighted by Gasteiger charge is -2.30. The van der Waals surface area contributed by atoms with Gasteiger partial charge in [0, 0.05) is 12.6 Å². The molecule has 1 heterocycles. The largest absolute Gasteiger partial charge is 0.549 e. The first-order chi connectivity index (χ1) is 11.4. The van der Waals surface area contributed by atoms with Gasteiger partial charge in [-0.3, -0.25) is 0 Å². The molecule has 1 aliphatic heterocycles. The van der Waals surface area contributed by atoms with Crippen molar-refractivity contribution in [2.24, 2.45) is 0 Å². The molecular weight excluding hydrogens is 371 g/mol. The smallest absolute Gasteiger partial charge is 0.534 e. The number of nitrogens with zero attached hydrogens (tertiary/aromatic N) is 1. The molecule has 1 aromatic carbocycles. The number of aliphatic carboxylic acids is 1. The van der Waals surface area contributed by atoms with Crippen molar-refractivity contribution in [3.63, 3.8) is 0 Å². The van der Waals surface area contributed by atoms with Crippen LogP contribution in [-0.4, -0.2) is 32.5 Å². The number of benzene rings is 1. The number of hydrogen-bond acceptors (Lipinski definition) is 7. The van der Waals surface area contributed by atoms with Crippen molar-refractivity contribution < 1.29 is 45.6 Å². The zero-order valence-corrected chi connectivity index (χ0v) is 13.3. The maximum Gasteiger partial charge on any atom is 0.534 e. The molecule has 0 aliphatic carbocycles. The number of carboxylic acid groups (broad SMARTS) is 2. The maximum absolute atomic E-state index is 12.4. The van der Waals surface area contributed by atoms with E-state index in [1.54, 1.807) is 0 Å². The fourth-order valence-electron chi connectivity index (χ4n) is 2.59. The number of hydrogen-bond donors (Lipinski definition) is 0. The van der Waals surface area contributed by atoms with Gasteiger partial charge in [0.25, 0.3) is 0 Å². The molecule has 12 heteroatoms. The monoisotopic (exact) mass is 381 g/mol. The molecule has 1 unspecified atom stereocenters. The van der Waals surface area contributed by atoms with Gasteiger partial charge in [0.1, 0.15) is 11.8 Å². The summed E-state index contributed by atoms with van der Waals surface area (Å²) in [6.45, 7) is 0.871. The summed E-state index contributed by atoms with van der Waals surface area (Å²) in [6.07, 6.45) is -1.89. The van der Waals surface area contributed by atoms with Crippen LogP contribution in [0.3, 0.4) is 0 Å². The second-order valence-corrected chi connectivity index (χ2v) is 6.78. The van der Waals surface area contributed by atoms with E-state index in [9.17, 15) is 41.4 Å². The summed E-state index contributed by atoms with van der Waals surface area (Å²) in [6, 6.07) is 2.47. The molecule has 8 nitrogen and oxygen atoms in total. The first-order valence-corrected chi connectivity index (χ1v) is 8.12. The minimum Gasteiger partial charge on any atom is -0.549 e. The molecule has 0 fully saturated rings. The number of carbonyl (C=O) groups is 2. The molecule has 1 amide bonds. The summed E-state index contributed by atoms with van der Waals surface area (Å²) >= 11 is 0. The zero-order valence-electron chi connectivity index (χ0n) is 12.5. The van der Waals surface area contributed by atoms with Crippen LogP contribution in [-0.2, 0) is 20.3 Å². The molecule has 138 valence electrons. The van der Waals surface area contributed by atoms with Gasteiger partial charge in [-0.25, -0.2) is 0 Å². The summed E-state index contributed by atoms with van der Waals surface area (Å²) < 4.78 is 63.1. The van der Waals surface area contributed by atoms with Crippen LogP contribution in [0.15, 0.2) is 18.2 Å². The van der Waals surface area contributed by atoms with Crippen LogP contribution in [0, 0.1) is 0 Å². The number of fused-ring (bicyclic) bond motifs is 1. The zero-order chi connectivity index (χ0) is 19.2. The third-order valence-corrected chi connectivity index (χ3v) is 4.89. The van der Waals surface area contributed by atoms with Crippen molar-refractivity contribution in [1.82, 2.24) is 0 Å². The number of alkyl halides is 3. The van der Waals surface area contributed by atoms with Crippen molar-refractivity contribution in [3.05, 3.63) is 23.8 Å². The van der Waals surface area contributed by atoms with Crippen LogP contribution in [0.25, 0.3) is 0 Å². The molecular formula is C13H10F3NO7S-2. The average Bonchev–Trinajstić information content (AvgIpc) is 2.81. The first-order valence-electron chi connectivity index (χ1n) is 6.71. The van der Waals surface area contributed by atoms with E-state index >= 15 is 0 Å². The van der Waals surface area contributed by atoms with Crippen LogP contribution in [0.4, 0.5) is 23.7 Å². The second kappa shape index (κ2) is 5.79. The van der Waals surface area contributed by atoms with E-state index in [4.69, 9.17) is 0 Å². The predicted molar refractivity (Wildman–Crippen MR) is 71.8 cm³/mol. The van der Waals surface area contributed by atoms with E-state index in [1.165, 1.54) is 6.92 Å². The maximum atomic E-state index is 12.4. The van der Waals surface area contributed by atoms with Gasteiger partial charge in [0.2, 0.25) is 0 Å². The highest BCUT2D eigenvalue weighted by molar-refractivity contribution is 7.88. The summed E-state index contributed by atoms with van der Waals surface area (Å²) in [5.41, 5.74) is -7.83. The number of amides is 1. The Balaban J connectivity index is 2.56. The van der Waals surface area contributed by atoms with E-state index in [0.717, 1.165) is 12.1 Å². The molecule has 0 N–H and O–H groups in total. The van der Waals surface area contributed by atoms with Crippen molar-refractivity contribution in [2.45, 2.75) is 24.3 Å². The fourth-order valence-corrected chi connectivity index (χ4v) is 3.04. The molecule has 0 radical (unpaired) electrons. The van der Waals surface area contributed by atoms with Crippen molar-refractivity contribution in [1.29, 1.82) is 0 Å². The lowest BCUT2D eigenvalue weighted by molar-refractivity contribution is -0.313. The van der Waals surface area contributed by atoms with Crippen LogP contribution < -0.4 is 19.3 Å². The van der Waals surface area contributed by atoms with Crippen molar-refractivity contribution >= 4 is 27.9 Å². The minimum atomic E-state index is -5.97. The highest BCUT2D eigenvalue weighted by Crippen LogP contribution is 2.44. The number of halogens is 3. The topological polar surface area (TPSA) is 127 Å². The molecule has 2 rings (SSSR count). The minimum absolute atomic E-state index is 0.0593.